The number of nitriles is 1. The number of likely N-dealkylation sites (tertiary alicyclic amines) is 1. The number of rotatable bonds is 7. The molecule has 43 heavy (non-hydrogen) atoms. The maximum Gasteiger partial charge on any atom is 0.320 e. The van der Waals surface area contributed by atoms with Crippen molar-refractivity contribution < 1.29 is 13.9 Å². The molecule has 0 unspecified atom stereocenters. The molecule has 2 aromatic heterocycles. The zero-order chi connectivity index (χ0) is 30.1. The summed E-state index contributed by atoms with van der Waals surface area (Å²) in [7, 11) is 1.88. The molecule has 11 heteroatoms. The van der Waals surface area contributed by atoms with Gasteiger partial charge in [0.1, 0.15) is 18.6 Å². The topological polar surface area (TPSA) is 98.5 Å². The number of carbonyl (C=O) groups is 1. The first-order valence-corrected chi connectivity index (χ1v) is 14.6. The number of hydrogen-bond donors (Lipinski definition) is 0. The molecule has 2 aliphatic heterocycles. The minimum atomic E-state index is -0.893. The molecule has 1 amide bonds. The largest absolute Gasteiger partial charge is 0.462 e. The van der Waals surface area contributed by atoms with Crippen molar-refractivity contribution in [1.29, 1.82) is 5.26 Å². The normalized spacial score (nSPS) is 20.8. The molecule has 2 fully saturated rings. The quantitative estimate of drug-likeness (QED) is 0.273. The number of nitrogens with zero attached hydrogens (tertiary/aromatic N) is 7. The lowest BCUT2D eigenvalue weighted by Gasteiger charge is -2.41. The average Bonchev–Trinajstić information content (AvgIpc) is 3.35. The van der Waals surface area contributed by atoms with Crippen LogP contribution in [0.4, 0.5) is 10.2 Å². The molecule has 4 heterocycles. The maximum atomic E-state index is 14.0. The molecule has 0 N–H and O–H groups in total. The number of likely N-dealkylation sites (N-methyl/N-ethyl adjacent to an activating group) is 1. The van der Waals surface area contributed by atoms with Crippen molar-refractivity contribution >= 4 is 45.1 Å². The number of anilines is 1. The monoisotopic (exact) mass is 599 g/mol. The van der Waals surface area contributed by atoms with Gasteiger partial charge in [-0.2, -0.15) is 15.2 Å². The fraction of sp³-hybridized carbons (Fsp3) is 0.344. The standard InChI is InChI=1S/C32H31ClFN7O2/c1-3-28(42)41-15-14-40(18-22(41)12-13-35)31-25-10-11-27(24-8-4-6-20-7-5-9-26(33)29(20)24)36-30(25)37-32(38-31)43-19-23-16-21(34)17-39(23)2/h3-11,21-23H,1,12,14-19H2,2H3/t21-,22+,23+/m1/s1. The van der Waals surface area contributed by atoms with Crippen LogP contribution in [0.1, 0.15) is 12.8 Å². The van der Waals surface area contributed by atoms with Crippen molar-refractivity contribution in [3.63, 3.8) is 0 Å². The predicted molar refractivity (Wildman–Crippen MR) is 165 cm³/mol. The zero-order valence-corrected chi connectivity index (χ0v) is 24.5. The van der Waals surface area contributed by atoms with Gasteiger partial charge in [-0.15, -0.1) is 0 Å². The summed E-state index contributed by atoms with van der Waals surface area (Å²) in [5, 5.41) is 12.7. The third kappa shape index (κ3) is 5.70. The molecule has 0 radical (unpaired) electrons. The van der Waals surface area contributed by atoms with E-state index in [4.69, 9.17) is 26.3 Å². The summed E-state index contributed by atoms with van der Waals surface area (Å²) in [5.41, 5.74) is 2.01. The van der Waals surface area contributed by atoms with Crippen LogP contribution in [0.2, 0.25) is 5.02 Å². The molecule has 9 nitrogen and oxygen atoms in total. The molecule has 6 rings (SSSR count). The number of hydrogen-bond acceptors (Lipinski definition) is 8. The SMILES string of the molecule is C=CC(=O)N1CCN(c2nc(OC[C@@H]3C[C@@H](F)CN3C)nc3nc(-c4cccc5cccc(Cl)c45)ccc23)C[C@@H]1CC#N. The third-order valence-electron chi connectivity index (χ3n) is 8.26. The van der Waals surface area contributed by atoms with Gasteiger partial charge in [-0.3, -0.25) is 9.69 Å². The van der Waals surface area contributed by atoms with E-state index in [9.17, 15) is 14.4 Å². The molecule has 4 aromatic rings. The highest BCUT2D eigenvalue weighted by Gasteiger charge is 2.32. The van der Waals surface area contributed by atoms with Gasteiger partial charge in [0.15, 0.2) is 5.65 Å². The Morgan fingerprint density at radius 3 is 2.70 bits per heavy atom. The average molecular weight is 600 g/mol. The van der Waals surface area contributed by atoms with Gasteiger partial charge in [-0.1, -0.05) is 48.5 Å². The Morgan fingerprint density at radius 1 is 1.14 bits per heavy atom. The lowest BCUT2D eigenvalue weighted by Crippen LogP contribution is -2.55. The number of piperazine rings is 1. The molecule has 0 spiro atoms. The summed E-state index contributed by atoms with van der Waals surface area (Å²) >= 11 is 6.62. The highest BCUT2D eigenvalue weighted by molar-refractivity contribution is 6.36. The Bertz CT molecular complexity index is 1740. The van der Waals surface area contributed by atoms with Crippen LogP contribution in [0.3, 0.4) is 0 Å². The van der Waals surface area contributed by atoms with E-state index in [1.54, 1.807) is 4.90 Å². The van der Waals surface area contributed by atoms with Crippen molar-refractivity contribution in [2.24, 2.45) is 0 Å². The second-order valence-corrected chi connectivity index (χ2v) is 11.4. The number of benzene rings is 2. The van der Waals surface area contributed by atoms with Crippen LogP contribution in [-0.2, 0) is 4.79 Å². The summed E-state index contributed by atoms with van der Waals surface area (Å²) in [6, 6.07) is 17.5. The van der Waals surface area contributed by atoms with E-state index < -0.39 is 6.17 Å². The van der Waals surface area contributed by atoms with Crippen LogP contribution in [0.25, 0.3) is 33.1 Å². The summed E-state index contributed by atoms with van der Waals surface area (Å²) in [6.07, 6.45) is 0.940. The van der Waals surface area contributed by atoms with Crippen LogP contribution in [-0.4, -0.2) is 88.7 Å². The fourth-order valence-corrected chi connectivity index (χ4v) is 6.33. The van der Waals surface area contributed by atoms with Crippen molar-refractivity contribution in [2.45, 2.75) is 31.1 Å². The van der Waals surface area contributed by atoms with Gasteiger partial charge in [0.25, 0.3) is 0 Å². The molecule has 3 atom stereocenters. The summed E-state index contributed by atoms with van der Waals surface area (Å²) < 4.78 is 20.1. The minimum absolute atomic E-state index is 0.0941. The first-order valence-electron chi connectivity index (χ1n) is 14.2. The zero-order valence-electron chi connectivity index (χ0n) is 23.8. The second kappa shape index (κ2) is 12.1. The minimum Gasteiger partial charge on any atom is -0.462 e. The highest BCUT2D eigenvalue weighted by Crippen LogP contribution is 2.35. The number of amides is 1. The predicted octanol–water partition coefficient (Wildman–Crippen LogP) is 5.04. The van der Waals surface area contributed by atoms with Gasteiger partial charge in [0.2, 0.25) is 5.91 Å². The molecular weight excluding hydrogens is 569 g/mol. The summed E-state index contributed by atoms with van der Waals surface area (Å²) in [5.74, 6) is 0.398. The van der Waals surface area contributed by atoms with E-state index in [-0.39, 0.29) is 37.0 Å². The van der Waals surface area contributed by atoms with Crippen molar-refractivity contribution in [1.82, 2.24) is 24.8 Å². The lowest BCUT2D eigenvalue weighted by atomic mass is 10.0. The molecule has 220 valence electrons. The summed E-state index contributed by atoms with van der Waals surface area (Å²) in [6.45, 7) is 5.51. The van der Waals surface area contributed by atoms with E-state index in [1.807, 2.05) is 65.4 Å². The van der Waals surface area contributed by atoms with Crippen LogP contribution >= 0.6 is 11.6 Å². The Hall–Kier alpha value is -4.33. The number of alkyl halides is 1. The number of ether oxygens (including phenoxy) is 1. The fourth-order valence-electron chi connectivity index (χ4n) is 6.05. The number of halogens is 2. The number of pyridine rings is 1. The van der Waals surface area contributed by atoms with Gasteiger partial charge in [0.05, 0.1) is 29.6 Å². The Labute approximate surface area is 254 Å². The van der Waals surface area contributed by atoms with Crippen molar-refractivity contribution in [3.05, 3.63) is 66.2 Å². The second-order valence-electron chi connectivity index (χ2n) is 11.0. The van der Waals surface area contributed by atoms with Crippen LogP contribution in [0.15, 0.2) is 61.2 Å². The van der Waals surface area contributed by atoms with Gasteiger partial charge in [-0.05, 0) is 43.1 Å². The lowest BCUT2D eigenvalue weighted by molar-refractivity contribution is -0.128. The highest BCUT2D eigenvalue weighted by atomic mass is 35.5. The van der Waals surface area contributed by atoms with Gasteiger partial charge < -0.3 is 14.5 Å². The Kier molecular flexibility index (Phi) is 8.10. The van der Waals surface area contributed by atoms with E-state index in [2.05, 4.69) is 17.6 Å². The number of fused-ring (bicyclic) bond motifs is 2. The van der Waals surface area contributed by atoms with E-state index >= 15 is 0 Å². The molecule has 0 saturated carbocycles. The number of aromatic nitrogens is 3. The molecule has 2 aliphatic rings. The van der Waals surface area contributed by atoms with E-state index in [1.165, 1.54) is 6.08 Å². The molecule has 0 bridgehead atoms. The maximum absolute atomic E-state index is 14.0. The van der Waals surface area contributed by atoms with E-state index in [0.717, 1.165) is 16.3 Å². The third-order valence-corrected chi connectivity index (χ3v) is 8.57. The molecule has 2 saturated heterocycles. The molecule has 2 aromatic carbocycles. The van der Waals surface area contributed by atoms with Gasteiger partial charge in [0, 0.05) is 48.2 Å². The van der Waals surface area contributed by atoms with Gasteiger partial charge >= 0.3 is 6.01 Å². The van der Waals surface area contributed by atoms with Crippen LogP contribution in [0.5, 0.6) is 6.01 Å². The smallest absolute Gasteiger partial charge is 0.320 e. The van der Waals surface area contributed by atoms with Crippen molar-refractivity contribution in [3.8, 4) is 23.3 Å². The van der Waals surface area contributed by atoms with E-state index in [0.29, 0.717) is 60.2 Å². The van der Waals surface area contributed by atoms with Gasteiger partial charge in [-0.25, -0.2) is 9.37 Å². The van der Waals surface area contributed by atoms with Crippen LogP contribution < -0.4 is 9.64 Å². The Balaban J connectivity index is 1.41. The first-order chi connectivity index (χ1) is 20.9. The summed E-state index contributed by atoms with van der Waals surface area (Å²) in [4.78, 5) is 32.6. The Morgan fingerprint density at radius 2 is 1.95 bits per heavy atom. The molecular formula is C32H31ClFN7O2. The first kappa shape index (κ1) is 28.8. The van der Waals surface area contributed by atoms with Crippen LogP contribution in [0, 0.1) is 11.3 Å². The molecule has 0 aliphatic carbocycles. The van der Waals surface area contributed by atoms with Crippen molar-refractivity contribution in [2.75, 3.05) is 44.7 Å². The number of carbonyl (C=O) groups excluding carboxylic acids is 1.